The Bertz CT molecular complexity index is 1070. The molecule has 0 atom stereocenters. The number of benzene rings is 2. The normalized spacial score (nSPS) is 24.1. The van der Waals surface area contributed by atoms with Gasteiger partial charge in [0.05, 0.1) is 0 Å². The van der Waals surface area contributed by atoms with E-state index >= 15 is 0 Å². The van der Waals surface area contributed by atoms with Gasteiger partial charge in [0.15, 0.2) is 0 Å². The average molecular weight is 433 g/mol. The van der Waals surface area contributed by atoms with Crippen molar-refractivity contribution in [1.29, 1.82) is 0 Å². The molecule has 1 aliphatic heterocycles. The molecule has 0 spiro atoms. The minimum absolute atomic E-state index is 0.0232. The summed E-state index contributed by atoms with van der Waals surface area (Å²) in [6, 6.07) is 7.44. The third-order valence-corrected chi connectivity index (χ3v) is 7.80. The van der Waals surface area contributed by atoms with E-state index in [9.17, 15) is 14.4 Å². The van der Waals surface area contributed by atoms with Gasteiger partial charge in [-0.2, -0.15) is 0 Å². The molecule has 0 bridgehead atoms. The van der Waals surface area contributed by atoms with Gasteiger partial charge in [-0.1, -0.05) is 32.3 Å². The first-order valence-electron chi connectivity index (χ1n) is 12.2. The van der Waals surface area contributed by atoms with Crippen molar-refractivity contribution in [2.75, 3.05) is 0 Å². The Balaban J connectivity index is 1.54. The molecular weight excluding hydrogens is 400 g/mol. The predicted molar refractivity (Wildman–Crippen MR) is 125 cm³/mol. The van der Waals surface area contributed by atoms with Crippen molar-refractivity contribution in [2.24, 2.45) is 5.92 Å². The van der Waals surface area contributed by atoms with Gasteiger partial charge in [0.25, 0.3) is 17.7 Å². The second-order valence-corrected chi connectivity index (χ2v) is 10.0. The molecule has 5 nitrogen and oxygen atoms in total. The summed E-state index contributed by atoms with van der Waals surface area (Å²) in [6.45, 7) is 4.21. The van der Waals surface area contributed by atoms with Crippen LogP contribution in [0.4, 0.5) is 0 Å². The van der Waals surface area contributed by atoms with Crippen LogP contribution in [0, 0.1) is 12.8 Å². The van der Waals surface area contributed by atoms with Gasteiger partial charge in [0.1, 0.15) is 0 Å². The van der Waals surface area contributed by atoms with Gasteiger partial charge in [-0.3, -0.25) is 19.3 Å². The molecule has 5 rings (SSSR count). The van der Waals surface area contributed by atoms with E-state index in [4.69, 9.17) is 0 Å². The SMILES string of the molecule is Cc1ccc2c3c(ccc(C(=O)NC4CCC(C)CC4)c13)C(=O)N(C1CCCCC1)C2=O. The van der Waals surface area contributed by atoms with Gasteiger partial charge in [-0.25, -0.2) is 0 Å². The number of imide groups is 1. The number of aryl methyl sites for hydroxylation is 1. The number of nitrogens with zero attached hydrogens (tertiary/aromatic N) is 1. The van der Waals surface area contributed by atoms with E-state index in [0.29, 0.717) is 22.1 Å². The van der Waals surface area contributed by atoms with Gasteiger partial charge in [0.2, 0.25) is 0 Å². The molecule has 2 fully saturated rings. The van der Waals surface area contributed by atoms with Crippen LogP contribution in [0.5, 0.6) is 0 Å². The summed E-state index contributed by atoms with van der Waals surface area (Å²) in [4.78, 5) is 41.7. The van der Waals surface area contributed by atoms with E-state index in [2.05, 4.69) is 12.2 Å². The predicted octanol–water partition coefficient (Wildman–Crippen LogP) is 5.39. The molecule has 3 aliphatic rings. The number of hydrogen-bond acceptors (Lipinski definition) is 3. The fourth-order valence-corrected chi connectivity index (χ4v) is 5.90. The van der Waals surface area contributed by atoms with Crippen LogP contribution >= 0.6 is 0 Å². The monoisotopic (exact) mass is 432 g/mol. The fourth-order valence-electron chi connectivity index (χ4n) is 5.90. The molecule has 2 aliphatic carbocycles. The van der Waals surface area contributed by atoms with E-state index < -0.39 is 0 Å². The van der Waals surface area contributed by atoms with E-state index in [1.165, 1.54) is 4.90 Å². The van der Waals surface area contributed by atoms with Gasteiger partial charge >= 0.3 is 0 Å². The van der Waals surface area contributed by atoms with Crippen LogP contribution in [-0.4, -0.2) is 34.7 Å². The van der Waals surface area contributed by atoms with Crippen molar-refractivity contribution in [2.45, 2.75) is 83.7 Å². The summed E-state index contributed by atoms with van der Waals surface area (Å²) in [5.74, 6) is 0.192. The minimum Gasteiger partial charge on any atom is -0.349 e. The van der Waals surface area contributed by atoms with Crippen LogP contribution in [0.2, 0.25) is 0 Å². The zero-order valence-electron chi connectivity index (χ0n) is 19.1. The van der Waals surface area contributed by atoms with Crippen LogP contribution in [0.25, 0.3) is 10.8 Å². The van der Waals surface area contributed by atoms with E-state index in [1.54, 1.807) is 12.1 Å². The van der Waals surface area contributed by atoms with Crippen LogP contribution in [0.1, 0.15) is 101 Å². The maximum Gasteiger partial charge on any atom is 0.261 e. The molecule has 2 aromatic carbocycles. The highest BCUT2D eigenvalue weighted by Crippen LogP contribution is 2.37. The molecule has 32 heavy (non-hydrogen) atoms. The van der Waals surface area contributed by atoms with Crippen molar-refractivity contribution < 1.29 is 14.4 Å². The van der Waals surface area contributed by atoms with Crippen LogP contribution in [0.15, 0.2) is 24.3 Å². The maximum atomic E-state index is 13.5. The standard InChI is InChI=1S/C27H32N2O3/c1-16-8-11-18(12-9-16)28-25(30)20-14-15-22-24-21(13-10-17(2)23(20)24)26(31)29(27(22)32)19-6-4-3-5-7-19/h10,13-16,18-19H,3-9,11-12H2,1-2H3,(H,28,30). The highest BCUT2D eigenvalue weighted by atomic mass is 16.2. The minimum atomic E-state index is -0.210. The second kappa shape index (κ2) is 8.34. The molecule has 0 radical (unpaired) electrons. The van der Waals surface area contributed by atoms with Crippen molar-refractivity contribution in [3.8, 4) is 0 Å². The third kappa shape index (κ3) is 3.52. The Hall–Kier alpha value is -2.69. The second-order valence-electron chi connectivity index (χ2n) is 10.0. The lowest BCUT2D eigenvalue weighted by Crippen LogP contribution is -2.48. The lowest BCUT2D eigenvalue weighted by atomic mass is 9.85. The molecule has 168 valence electrons. The molecule has 1 N–H and O–H groups in total. The van der Waals surface area contributed by atoms with Gasteiger partial charge in [0, 0.05) is 34.2 Å². The van der Waals surface area contributed by atoms with Crippen molar-refractivity contribution in [3.63, 3.8) is 0 Å². The Kier molecular flexibility index (Phi) is 5.52. The number of carbonyl (C=O) groups excluding carboxylic acids is 3. The molecule has 2 aromatic rings. The summed E-state index contributed by atoms with van der Waals surface area (Å²) in [7, 11) is 0. The summed E-state index contributed by atoms with van der Waals surface area (Å²) >= 11 is 0. The number of nitrogens with one attached hydrogen (secondary N) is 1. The average Bonchev–Trinajstić information content (AvgIpc) is 2.80. The summed E-state index contributed by atoms with van der Waals surface area (Å²) in [5, 5.41) is 4.61. The van der Waals surface area contributed by atoms with E-state index in [0.717, 1.165) is 74.7 Å². The Morgan fingerprint density at radius 1 is 0.844 bits per heavy atom. The molecule has 2 saturated carbocycles. The lowest BCUT2D eigenvalue weighted by molar-refractivity contribution is 0.0502. The summed E-state index contributed by atoms with van der Waals surface area (Å²) < 4.78 is 0. The topological polar surface area (TPSA) is 66.5 Å². The highest BCUT2D eigenvalue weighted by Gasteiger charge is 2.38. The van der Waals surface area contributed by atoms with Crippen LogP contribution < -0.4 is 5.32 Å². The zero-order chi connectivity index (χ0) is 22.4. The van der Waals surface area contributed by atoms with Crippen molar-refractivity contribution >= 4 is 28.5 Å². The molecule has 3 amide bonds. The molecule has 0 aromatic heterocycles. The Morgan fingerprint density at radius 2 is 1.47 bits per heavy atom. The first-order chi connectivity index (χ1) is 15.5. The number of hydrogen-bond donors (Lipinski definition) is 1. The quantitative estimate of drug-likeness (QED) is 0.662. The van der Waals surface area contributed by atoms with Gasteiger partial charge < -0.3 is 5.32 Å². The van der Waals surface area contributed by atoms with E-state index in [-0.39, 0.29) is 29.8 Å². The molecule has 0 unspecified atom stereocenters. The third-order valence-electron chi connectivity index (χ3n) is 7.80. The molecule has 1 heterocycles. The van der Waals surface area contributed by atoms with E-state index in [1.807, 2.05) is 19.1 Å². The number of carbonyl (C=O) groups is 3. The van der Waals surface area contributed by atoms with Crippen LogP contribution in [0.3, 0.4) is 0 Å². The number of rotatable bonds is 3. The molecule has 0 saturated heterocycles. The fraction of sp³-hybridized carbons (Fsp3) is 0.519. The Labute approximate surface area is 189 Å². The zero-order valence-corrected chi connectivity index (χ0v) is 19.1. The van der Waals surface area contributed by atoms with Crippen molar-refractivity contribution in [3.05, 3.63) is 46.5 Å². The first-order valence-corrected chi connectivity index (χ1v) is 12.2. The van der Waals surface area contributed by atoms with Crippen molar-refractivity contribution in [1.82, 2.24) is 10.2 Å². The Morgan fingerprint density at radius 3 is 2.12 bits per heavy atom. The molecule has 5 heteroatoms. The molecular formula is C27H32N2O3. The largest absolute Gasteiger partial charge is 0.349 e. The highest BCUT2D eigenvalue weighted by molar-refractivity contribution is 6.28. The van der Waals surface area contributed by atoms with Gasteiger partial charge in [-0.05, 0) is 80.5 Å². The summed E-state index contributed by atoms with van der Waals surface area (Å²) in [5.41, 5.74) is 2.58. The number of amides is 3. The van der Waals surface area contributed by atoms with Crippen LogP contribution in [-0.2, 0) is 0 Å². The summed E-state index contributed by atoms with van der Waals surface area (Å²) in [6.07, 6.45) is 9.29. The first kappa shape index (κ1) is 21.2. The van der Waals surface area contributed by atoms with Gasteiger partial charge in [-0.15, -0.1) is 0 Å². The lowest BCUT2D eigenvalue weighted by Gasteiger charge is -2.36. The maximum absolute atomic E-state index is 13.5. The smallest absolute Gasteiger partial charge is 0.261 e.